The van der Waals surface area contributed by atoms with E-state index in [0.29, 0.717) is 28.9 Å². The summed E-state index contributed by atoms with van der Waals surface area (Å²) in [5, 5.41) is 18.7. The van der Waals surface area contributed by atoms with Crippen molar-refractivity contribution >= 4 is 28.3 Å². The lowest BCUT2D eigenvalue weighted by atomic mass is 9.72. The fourth-order valence-electron chi connectivity index (χ4n) is 8.96. The molecule has 268 valence electrons. The number of aliphatic hydroxyl groups is 1. The second kappa shape index (κ2) is 11.2. The zero-order chi connectivity index (χ0) is 36.5. The summed E-state index contributed by atoms with van der Waals surface area (Å²) in [5.41, 5.74) is 6.97. The third kappa shape index (κ3) is 4.37. The van der Waals surface area contributed by atoms with E-state index in [2.05, 4.69) is 63.9 Å². The maximum Gasteiger partial charge on any atom is 0.249 e. The predicted molar refractivity (Wildman–Crippen MR) is 197 cm³/mol. The van der Waals surface area contributed by atoms with Crippen LogP contribution in [0.5, 0.6) is 5.75 Å². The van der Waals surface area contributed by atoms with E-state index in [9.17, 15) is 14.7 Å². The van der Waals surface area contributed by atoms with Crippen LogP contribution in [0.25, 0.3) is 44.9 Å². The van der Waals surface area contributed by atoms with E-state index in [1.807, 2.05) is 33.0 Å². The van der Waals surface area contributed by atoms with Gasteiger partial charge in [0.2, 0.25) is 17.7 Å². The molecule has 11 nitrogen and oxygen atoms in total. The lowest BCUT2D eigenvalue weighted by Crippen LogP contribution is -2.41. The molecule has 10 bridgehead atoms. The highest BCUT2D eigenvalue weighted by Crippen LogP contribution is 2.61. The van der Waals surface area contributed by atoms with E-state index < -0.39 is 29.7 Å². The molecule has 3 aromatic heterocycles. The molecule has 3 N–H and O–H groups in total. The topological polar surface area (TPSA) is 145 Å². The average Bonchev–Trinajstić information content (AvgIpc) is 3.96. The summed E-state index contributed by atoms with van der Waals surface area (Å²) in [4.78, 5) is 37.5. The molecular formula is C42H39N5O6. The van der Waals surface area contributed by atoms with Crippen LogP contribution in [-0.2, 0) is 28.5 Å². The summed E-state index contributed by atoms with van der Waals surface area (Å²) in [7, 11) is 2.03. The molecule has 5 unspecified atom stereocenters. The molecule has 5 atom stereocenters. The summed E-state index contributed by atoms with van der Waals surface area (Å²) in [6.07, 6.45) is 2.18. The number of aromatic nitrogens is 3. The van der Waals surface area contributed by atoms with E-state index >= 15 is 0 Å². The number of anilines is 1. The number of Topliss-reactive ketones (excluding diaryl/α,β-unsaturated/α-hetero) is 1. The molecule has 7 heterocycles. The average molecular weight is 710 g/mol. The Kier molecular flexibility index (Phi) is 6.74. The van der Waals surface area contributed by atoms with Crippen molar-refractivity contribution in [1.29, 1.82) is 0 Å². The number of amides is 1. The van der Waals surface area contributed by atoms with E-state index in [-0.39, 0.29) is 42.3 Å². The Hall–Kier alpha value is -5.68. The van der Waals surface area contributed by atoms with E-state index in [0.717, 1.165) is 50.0 Å². The Morgan fingerprint density at radius 2 is 1.83 bits per heavy atom. The Morgan fingerprint density at radius 1 is 1.02 bits per heavy atom. The molecule has 0 saturated heterocycles. The number of ketones is 1. The Balaban J connectivity index is 1.28. The largest absolute Gasteiger partial charge is 0.469 e. The van der Waals surface area contributed by atoms with Crippen molar-refractivity contribution in [3.05, 3.63) is 95.3 Å². The van der Waals surface area contributed by atoms with Gasteiger partial charge in [-0.15, -0.1) is 0 Å². The van der Waals surface area contributed by atoms with E-state index in [1.165, 1.54) is 0 Å². The van der Waals surface area contributed by atoms with Crippen molar-refractivity contribution in [2.75, 3.05) is 5.32 Å². The van der Waals surface area contributed by atoms with Crippen molar-refractivity contribution in [3.8, 4) is 39.8 Å². The minimum atomic E-state index is -1.17. The summed E-state index contributed by atoms with van der Waals surface area (Å²) < 4.78 is 22.6. The standard InChI is InChI=1S/C42H39N5O6/c1-19(2)33-40-45-35-37(53-40)42-26-10-6-9-24(23-8-7-11-28-32(23)25(18-47(28)5)31-17-43-39(35)51-31)34(26)46-41(42)52-30-13-12-21(15-27(30)42)14-22(38(50)44-33)16-29(48)36(49)20(3)4/h6-13,15,17-20,22,33,36,41,46,49H,14,16H2,1-5H3,(H,44,50). The summed E-state index contributed by atoms with van der Waals surface area (Å²) in [5.74, 6) is 0.517. The summed E-state index contributed by atoms with van der Waals surface area (Å²) in [6.45, 7) is 7.57. The monoisotopic (exact) mass is 709 g/mol. The first-order valence-corrected chi connectivity index (χ1v) is 18.3. The number of benzene rings is 3. The number of aliphatic hydroxyl groups excluding tert-OH is 1. The molecule has 11 heteroatoms. The minimum Gasteiger partial charge on any atom is -0.469 e. The molecule has 1 amide bonds. The van der Waals surface area contributed by atoms with Gasteiger partial charge >= 0.3 is 0 Å². The Morgan fingerprint density at radius 3 is 2.64 bits per heavy atom. The zero-order valence-electron chi connectivity index (χ0n) is 30.1. The second-order valence-electron chi connectivity index (χ2n) is 15.6. The fraction of sp³-hybridized carbons (Fsp3) is 0.333. The van der Waals surface area contributed by atoms with Crippen LogP contribution in [0.15, 0.2) is 75.8 Å². The van der Waals surface area contributed by atoms with Crippen LogP contribution in [0.4, 0.5) is 5.69 Å². The number of carbonyl (C=O) groups is 2. The maximum atomic E-state index is 14.2. The van der Waals surface area contributed by atoms with Gasteiger partial charge in [-0.05, 0) is 41.5 Å². The van der Waals surface area contributed by atoms with Gasteiger partial charge in [-0.25, -0.2) is 9.97 Å². The van der Waals surface area contributed by atoms with Crippen LogP contribution in [0.3, 0.4) is 0 Å². The van der Waals surface area contributed by atoms with Crippen LogP contribution in [0, 0.1) is 17.8 Å². The molecule has 6 aromatic rings. The number of fused-ring (bicyclic) bond motifs is 7. The first kappa shape index (κ1) is 32.0. The van der Waals surface area contributed by atoms with Gasteiger partial charge in [0.25, 0.3) is 0 Å². The van der Waals surface area contributed by atoms with Crippen molar-refractivity contribution < 1.29 is 28.3 Å². The SMILES string of the molecule is CC(C)C(O)C(=O)CC1Cc2ccc3c(c2)C24c5cccc(c5NC2O3)-c2cccc3c2c(cn3C)-c2cnc(o2)-c2nc(oc24)C(C(C)C)NC1=O. The highest BCUT2D eigenvalue weighted by Gasteiger charge is 2.61. The Labute approximate surface area is 305 Å². The number of hydrogen-bond donors (Lipinski definition) is 3. The molecule has 10 rings (SSSR count). The van der Waals surface area contributed by atoms with Gasteiger partial charge in [0, 0.05) is 64.4 Å². The van der Waals surface area contributed by atoms with Gasteiger partial charge in [-0.3, -0.25) is 9.59 Å². The van der Waals surface area contributed by atoms with Gasteiger partial charge in [-0.2, -0.15) is 0 Å². The lowest BCUT2D eigenvalue weighted by Gasteiger charge is -2.28. The minimum absolute atomic E-state index is 0.112. The van der Waals surface area contributed by atoms with Crippen LogP contribution < -0.4 is 15.4 Å². The second-order valence-corrected chi connectivity index (χ2v) is 15.6. The first-order valence-electron chi connectivity index (χ1n) is 18.3. The lowest BCUT2D eigenvalue weighted by molar-refractivity contribution is -0.135. The van der Waals surface area contributed by atoms with Crippen molar-refractivity contribution in [3.63, 3.8) is 0 Å². The number of aryl methyl sites for hydroxylation is 1. The van der Waals surface area contributed by atoms with Crippen molar-refractivity contribution in [1.82, 2.24) is 19.9 Å². The fourth-order valence-corrected chi connectivity index (χ4v) is 8.96. The number of carbonyl (C=O) groups excluding carboxylic acids is 2. The zero-order valence-corrected chi connectivity index (χ0v) is 30.1. The molecule has 0 aliphatic carbocycles. The highest BCUT2D eigenvalue weighted by molar-refractivity contribution is 6.08. The first-order chi connectivity index (χ1) is 25.5. The number of nitrogens with zero attached hydrogens (tertiary/aromatic N) is 3. The molecule has 0 fully saturated rings. The molecule has 0 saturated carbocycles. The van der Waals surface area contributed by atoms with Gasteiger partial charge in [0.1, 0.15) is 23.3 Å². The molecule has 3 aromatic carbocycles. The van der Waals surface area contributed by atoms with Gasteiger partial charge in [0.05, 0.1) is 6.20 Å². The molecule has 0 radical (unpaired) electrons. The maximum absolute atomic E-state index is 14.2. The highest BCUT2D eigenvalue weighted by atomic mass is 16.5. The molecule has 4 aliphatic rings. The third-order valence-electron chi connectivity index (χ3n) is 11.6. The van der Waals surface area contributed by atoms with Crippen LogP contribution in [0.2, 0.25) is 0 Å². The normalized spacial score (nSPS) is 22.5. The van der Waals surface area contributed by atoms with Crippen molar-refractivity contribution in [2.24, 2.45) is 24.8 Å². The number of nitrogens with one attached hydrogen (secondary N) is 2. The van der Waals surface area contributed by atoms with E-state index in [1.54, 1.807) is 20.0 Å². The van der Waals surface area contributed by atoms with Crippen LogP contribution >= 0.6 is 0 Å². The van der Waals surface area contributed by atoms with Crippen molar-refractivity contribution in [2.45, 2.75) is 64.3 Å². The van der Waals surface area contributed by atoms with Gasteiger partial charge in [0.15, 0.2) is 29.2 Å². The van der Waals surface area contributed by atoms with Crippen LogP contribution in [-0.4, -0.2) is 43.7 Å². The molecule has 1 spiro atoms. The molecule has 4 aliphatic heterocycles. The summed E-state index contributed by atoms with van der Waals surface area (Å²) in [6, 6.07) is 17.9. The quantitative estimate of drug-likeness (QED) is 0.174. The Bertz CT molecular complexity index is 2520. The van der Waals surface area contributed by atoms with Gasteiger partial charge in [-0.1, -0.05) is 70.2 Å². The summed E-state index contributed by atoms with van der Waals surface area (Å²) >= 11 is 0. The van der Waals surface area contributed by atoms with Crippen LogP contribution in [0.1, 0.15) is 68.5 Å². The number of rotatable bonds is 5. The third-order valence-corrected chi connectivity index (χ3v) is 11.6. The molecular weight excluding hydrogens is 670 g/mol. The number of ether oxygens (including phenoxy) is 1. The smallest absolute Gasteiger partial charge is 0.249 e. The van der Waals surface area contributed by atoms with Gasteiger partial charge < -0.3 is 33.9 Å². The van der Waals surface area contributed by atoms with E-state index in [4.69, 9.17) is 23.5 Å². The number of hydrogen-bond acceptors (Lipinski definition) is 9. The number of para-hydroxylation sites is 1. The number of oxazole rings is 2. The predicted octanol–water partition coefficient (Wildman–Crippen LogP) is 6.91. The molecule has 53 heavy (non-hydrogen) atoms.